The Hall–Kier alpha value is -3.24. The average molecular weight is 541 g/mol. The van der Waals surface area contributed by atoms with Crippen LogP contribution in [0.2, 0.25) is 5.02 Å². The third-order valence-electron chi connectivity index (χ3n) is 5.13. The molecule has 0 aliphatic heterocycles. The Morgan fingerprint density at radius 2 is 1.75 bits per heavy atom. The van der Waals surface area contributed by atoms with Crippen molar-refractivity contribution in [2.75, 3.05) is 11.3 Å². The first kappa shape index (κ1) is 27.3. The minimum atomic E-state index is -4.62. The molecule has 11 heteroatoms. The number of hydrogen-bond acceptors (Lipinski definition) is 4. The Balaban J connectivity index is 1.56. The molecule has 0 heterocycles. The van der Waals surface area contributed by atoms with E-state index in [1.165, 1.54) is 23.8 Å². The van der Waals surface area contributed by atoms with Crippen molar-refractivity contribution in [2.24, 2.45) is 0 Å². The van der Waals surface area contributed by atoms with E-state index in [2.05, 4.69) is 10.0 Å². The molecule has 3 aromatic rings. The molecule has 0 saturated heterocycles. The highest BCUT2D eigenvalue weighted by Crippen LogP contribution is 2.32. The van der Waals surface area contributed by atoms with Crippen LogP contribution in [0.25, 0.3) is 0 Å². The van der Waals surface area contributed by atoms with Gasteiger partial charge in [-0.1, -0.05) is 48.0 Å². The van der Waals surface area contributed by atoms with E-state index in [9.17, 15) is 26.4 Å². The van der Waals surface area contributed by atoms with E-state index in [0.29, 0.717) is 6.07 Å². The van der Waals surface area contributed by atoms with Crippen LogP contribution in [0.3, 0.4) is 0 Å². The summed E-state index contributed by atoms with van der Waals surface area (Å²) in [7, 11) is -4.23. The third kappa shape index (κ3) is 7.89. The molecule has 36 heavy (non-hydrogen) atoms. The maximum atomic E-state index is 12.9. The van der Waals surface area contributed by atoms with E-state index < -0.39 is 21.8 Å². The summed E-state index contributed by atoms with van der Waals surface area (Å²) >= 11 is 6.13. The molecule has 2 N–H and O–H groups in total. The molecular formula is C25H24ClF3N2O4S. The van der Waals surface area contributed by atoms with E-state index >= 15 is 0 Å². The maximum absolute atomic E-state index is 12.9. The number of nitrogens with one attached hydrogen (secondary N) is 2. The molecule has 0 fully saturated rings. The number of halogens is 4. The summed E-state index contributed by atoms with van der Waals surface area (Å²) in [5.74, 6) is -0.281. The first-order valence-corrected chi connectivity index (χ1v) is 12.8. The summed E-state index contributed by atoms with van der Waals surface area (Å²) in [6.07, 6.45) is -3.07. The van der Waals surface area contributed by atoms with Crippen molar-refractivity contribution in [3.05, 3.63) is 88.9 Å². The normalized spacial score (nSPS) is 12.6. The molecule has 0 bridgehead atoms. The number of ether oxygens (including phenoxy) is 1. The molecule has 0 unspecified atom stereocenters. The van der Waals surface area contributed by atoms with Gasteiger partial charge in [0.15, 0.2) is 6.61 Å². The van der Waals surface area contributed by atoms with Crippen LogP contribution in [0, 0.1) is 0 Å². The fraction of sp³-hybridized carbons (Fsp3) is 0.240. The van der Waals surface area contributed by atoms with Crippen molar-refractivity contribution in [3.8, 4) is 5.75 Å². The minimum absolute atomic E-state index is 0.0770. The van der Waals surface area contributed by atoms with E-state index in [-0.39, 0.29) is 39.9 Å². The summed E-state index contributed by atoms with van der Waals surface area (Å²) in [4.78, 5) is 11.9. The van der Waals surface area contributed by atoms with Crippen LogP contribution in [0.5, 0.6) is 5.75 Å². The van der Waals surface area contributed by atoms with Crippen LogP contribution in [0.1, 0.15) is 24.5 Å². The van der Waals surface area contributed by atoms with Crippen LogP contribution in [-0.2, 0) is 27.4 Å². The van der Waals surface area contributed by atoms with Gasteiger partial charge in [-0.15, -0.1) is 0 Å². The highest BCUT2D eigenvalue weighted by Gasteiger charge is 2.30. The van der Waals surface area contributed by atoms with Crippen molar-refractivity contribution in [1.82, 2.24) is 5.32 Å². The number of carbonyl (C=O) groups excluding carboxylic acids is 1. The van der Waals surface area contributed by atoms with Gasteiger partial charge in [0.2, 0.25) is 0 Å². The molecule has 1 atom stereocenters. The molecule has 0 spiro atoms. The van der Waals surface area contributed by atoms with Crippen LogP contribution in [0.15, 0.2) is 77.7 Å². The zero-order valence-corrected chi connectivity index (χ0v) is 20.8. The van der Waals surface area contributed by atoms with Crippen molar-refractivity contribution in [2.45, 2.75) is 36.9 Å². The summed E-state index contributed by atoms with van der Waals surface area (Å²) in [5.41, 5.74) is -0.0734. The number of benzene rings is 3. The number of anilines is 1. The summed E-state index contributed by atoms with van der Waals surface area (Å²) in [5, 5.41) is 2.75. The standard InChI is InChI=1S/C25H24ClF3N2O4S/c1-17(10-11-18-6-3-2-4-7-18)30-24(32)16-35-23-13-12-21(15-22(23)26)36(33,34)31-20-9-5-8-19(14-20)25(27,28)29/h2-9,12-15,17,31H,10-11,16H2,1H3,(H,30,32)/t17-/m0/s1. The third-order valence-corrected chi connectivity index (χ3v) is 6.81. The summed E-state index contributed by atoms with van der Waals surface area (Å²) in [6.45, 7) is 1.55. The van der Waals surface area contributed by atoms with Crippen molar-refractivity contribution in [3.63, 3.8) is 0 Å². The van der Waals surface area contributed by atoms with Crippen LogP contribution in [0.4, 0.5) is 18.9 Å². The Bertz CT molecular complexity index is 1300. The number of aryl methyl sites for hydroxylation is 1. The SMILES string of the molecule is C[C@@H](CCc1ccccc1)NC(=O)COc1ccc(S(=O)(=O)Nc2cccc(C(F)(F)F)c2)cc1Cl. The molecule has 0 aliphatic rings. The number of hydrogen-bond donors (Lipinski definition) is 2. The van der Waals surface area contributed by atoms with Gasteiger partial charge in [-0.3, -0.25) is 9.52 Å². The van der Waals surface area contributed by atoms with Gasteiger partial charge in [0.05, 0.1) is 15.5 Å². The second-order valence-corrected chi connectivity index (χ2v) is 10.1. The predicted octanol–water partition coefficient (Wildman–Crippen LogP) is 5.68. The second-order valence-electron chi connectivity index (χ2n) is 8.06. The van der Waals surface area contributed by atoms with Gasteiger partial charge in [0.25, 0.3) is 15.9 Å². The lowest BCUT2D eigenvalue weighted by molar-refractivity contribution is -0.137. The molecule has 0 radical (unpaired) electrons. The molecule has 3 aromatic carbocycles. The molecule has 1 amide bonds. The van der Waals surface area contributed by atoms with Crippen LogP contribution < -0.4 is 14.8 Å². The topological polar surface area (TPSA) is 84.5 Å². The quantitative estimate of drug-likeness (QED) is 0.347. The Morgan fingerprint density at radius 3 is 2.42 bits per heavy atom. The van der Waals surface area contributed by atoms with Gasteiger partial charge < -0.3 is 10.1 Å². The molecule has 0 aromatic heterocycles. The lowest BCUT2D eigenvalue weighted by Gasteiger charge is -2.15. The minimum Gasteiger partial charge on any atom is -0.482 e. The first-order valence-electron chi connectivity index (χ1n) is 10.9. The lowest BCUT2D eigenvalue weighted by Crippen LogP contribution is -2.36. The molecular weight excluding hydrogens is 517 g/mol. The number of amides is 1. The van der Waals surface area contributed by atoms with Crippen molar-refractivity contribution >= 4 is 33.2 Å². The Morgan fingerprint density at radius 1 is 1.03 bits per heavy atom. The first-order chi connectivity index (χ1) is 16.9. The Kier molecular flexibility index (Phi) is 8.86. The monoisotopic (exact) mass is 540 g/mol. The largest absolute Gasteiger partial charge is 0.482 e. The van der Waals surface area contributed by atoms with Gasteiger partial charge in [-0.05, 0) is 61.7 Å². The molecule has 0 aliphatic carbocycles. The smallest absolute Gasteiger partial charge is 0.416 e. The summed E-state index contributed by atoms with van der Waals surface area (Å²) in [6, 6.07) is 17.1. The molecule has 192 valence electrons. The van der Waals surface area contributed by atoms with Crippen molar-refractivity contribution < 1.29 is 31.1 Å². The Labute approximate surface area is 212 Å². The van der Waals surface area contributed by atoms with E-state index in [0.717, 1.165) is 31.0 Å². The van der Waals surface area contributed by atoms with Crippen LogP contribution >= 0.6 is 11.6 Å². The van der Waals surface area contributed by atoms with Crippen LogP contribution in [-0.4, -0.2) is 27.0 Å². The van der Waals surface area contributed by atoms with E-state index in [4.69, 9.17) is 16.3 Å². The number of rotatable bonds is 10. The average Bonchev–Trinajstić information content (AvgIpc) is 2.82. The molecule has 0 saturated carbocycles. The zero-order chi connectivity index (χ0) is 26.3. The zero-order valence-electron chi connectivity index (χ0n) is 19.2. The predicted molar refractivity (Wildman–Crippen MR) is 132 cm³/mol. The van der Waals surface area contributed by atoms with E-state index in [1.807, 2.05) is 37.3 Å². The highest BCUT2D eigenvalue weighted by molar-refractivity contribution is 7.92. The van der Waals surface area contributed by atoms with Gasteiger partial charge in [-0.25, -0.2) is 8.42 Å². The highest BCUT2D eigenvalue weighted by atomic mass is 35.5. The molecule has 6 nitrogen and oxygen atoms in total. The number of carbonyl (C=O) groups is 1. The van der Waals surface area contributed by atoms with Gasteiger partial charge in [-0.2, -0.15) is 13.2 Å². The fourth-order valence-electron chi connectivity index (χ4n) is 3.30. The van der Waals surface area contributed by atoms with E-state index in [1.54, 1.807) is 0 Å². The van der Waals surface area contributed by atoms with Crippen molar-refractivity contribution in [1.29, 1.82) is 0 Å². The van der Waals surface area contributed by atoms with Gasteiger partial charge >= 0.3 is 6.18 Å². The molecule has 3 rings (SSSR count). The number of alkyl halides is 3. The maximum Gasteiger partial charge on any atom is 0.416 e. The van der Waals surface area contributed by atoms with Gasteiger partial charge in [0, 0.05) is 11.7 Å². The lowest BCUT2D eigenvalue weighted by atomic mass is 10.1. The number of sulfonamides is 1. The fourth-order valence-corrected chi connectivity index (χ4v) is 4.67. The summed E-state index contributed by atoms with van der Waals surface area (Å²) < 4.78 is 71.4. The second kappa shape index (κ2) is 11.7. The van der Waals surface area contributed by atoms with Gasteiger partial charge in [0.1, 0.15) is 5.75 Å².